The summed E-state index contributed by atoms with van der Waals surface area (Å²) in [5.74, 6) is -1.33. The van der Waals surface area contributed by atoms with Gasteiger partial charge in [-0.2, -0.15) is 0 Å². The molecule has 1 aromatic rings. The minimum absolute atomic E-state index is 0.0115. The fourth-order valence-corrected chi connectivity index (χ4v) is 1.14. The van der Waals surface area contributed by atoms with Crippen LogP contribution in [0.25, 0.3) is 0 Å². The molecule has 0 saturated carbocycles. The molecule has 0 unspecified atom stereocenters. The van der Waals surface area contributed by atoms with Gasteiger partial charge in [0.05, 0.1) is 11.4 Å². The van der Waals surface area contributed by atoms with Crippen LogP contribution in [-0.2, 0) is 0 Å². The summed E-state index contributed by atoms with van der Waals surface area (Å²) in [5.41, 5.74) is 5.88. The molecule has 0 heterocycles. The molecule has 0 bridgehead atoms. The number of rotatable bonds is 2. The minimum Gasteiger partial charge on any atom is -0.395 e. The van der Waals surface area contributed by atoms with E-state index in [2.05, 4.69) is 0 Å². The number of nitrogen functional groups attached to an aromatic ring is 1. The molecule has 0 spiro atoms. The molecule has 0 aliphatic rings. The third-order valence-electron chi connectivity index (χ3n) is 2.23. The van der Waals surface area contributed by atoms with Crippen LogP contribution in [0.3, 0.4) is 0 Å². The van der Waals surface area contributed by atoms with Crippen molar-refractivity contribution in [3.8, 4) is 0 Å². The average molecular weight is 200 g/mol. The number of anilines is 2. The molecule has 14 heavy (non-hydrogen) atoms. The molecule has 0 radical (unpaired) electrons. The Balaban J connectivity index is 3.20. The summed E-state index contributed by atoms with van der Waals surface area (Å²) in [6.45, 7) is 3.84. The second-order valence-corrected chi connectivity index (χ2v) is 3.53. The Morgan fingerprint density at radius 1 is 1.29 bits per heavy atom. The highest BCUT2D eigenvalue weighted by Crippen LogP contribution is 2.27. The van der Waals surface area contributed by atoms with E-state index in [0.717, 1.165) is 6.07 Å². The van der Waals surface area contributed by atoms with Gasteiger partial charge in [-0.3, -0.25) is 0 Å². The second kappa shape index (κ2) is 3.82. The lowest BCUT2D eigenvalue weighted by atomic mass is 10.2. The van der Waals surface area contributed by atoms with E-state index in [1.54, 1.807) is 11.9 Å². The molecule has 2 N–H and O–H groups in total. The third kappa shape index (κ3) is 1.95. The van der Waals surface area contributed by atoms with Crippen LogP contribution in [0.15, 0.2) is 12.1 Å². The van der Waals surface area contributed by atoms with Crippen LogP contribution in [0.5, 0.6) is 0 Å². The molecule has 0 aliphatic carbocycles. The SMILES string of the molecule is CC(C)N(C)c1cc(F)cc(F)c1N. The summed E-state index contributed by atoms with van der Waals surface area (Å²) in [6.07, 6.45) is 0. The highest BCUT2D eigenvalue weighted by atomic mass is 19.1. The van der Waals surface area contributed by atoms with Crippen molar-refractivity contribution in [3.05, 3.63) is 23.8 Å². The van der Waals surface area contributed by atoms with E-state index in [1.165, 1.54) is 6.07 Å². The summed E-state index contributed by atoms with van der Waals surface area (Å²) in [6, 6.07) is 2.16. The number of hydrogen-bond acceptors (Lipinski definition) is 2. The van der Waals surface area contributed by atoms with E-state index < -0.39 is 11.6 Å². The second-order valence-electron chi connectivity index (χ2n) is 3.53. The molecule has 0 fully saturated rings. The highest BCUT2D eigenvalue weighted by Gasteiger charge is 2.13. The number of halogens is 2. The molecule has 0 saturated heterocycles. The molecule has 2 nitrogen and oxygen atoms in total. The Kier molecular flexibility index (Phi) is 2.93. The topological polar surface area (TPSA) is 29.3 Å². The number of nitrogens with zero attached hydrogens (tertiary/aromatic N) is 1. The monoisotopic (exact) mass is 200 g/mol. The molecule has 78 valence electrons. The maximum atomic E-state index is 13.1. The summed E-state index contributed by atoms with van der Waals surface area (Å²) in [4.78, 5) is 1.72. The first-order valence-electron chi connectivity index (χ1n) is 4.41. The van der Waals surface area contributed by atoms with Gasteiger partial charge >= 0.3 is 0 Å². The maximum Gasteiger partial charge on any atom is 0.151 e. The highest BCUT2D eigenvalue weighted by molar-refractivity contribution is 5.68. The van der Waals surface area contributed by atoms with Crippen LogP contribution in [0.4, 0.5) is 20.2 Å². The van der Waals surface area contributed by atoms with Gasteiger partial charge in [0.1, 0.15) is 5.82 Å². The van der Waals surface area contributed by atoms with Crippen molar-refractivity contribution in [1.29, 1.82) is 0 Å². The van der Waals surface area contributed by atoms with Crippen molar-refractivity contribution in [2.75, 3.05) is 17.7 Å². The molecular formula is C10H14F2N2. The van der Waals surface area contributed by atoms with Crippen molar-refractivity contribution >= 4 is 11.4 Å². The van der Waals surface area contributed by atoms with Gasteiger partial charge in [0, 0.05) is 19.2 Å². The Bertz CT molecular complexity index is 337. The zero-order chi connectivity index (χ0) is 10.9. The lowest BCUT2D eigenvalue weighted by Crippen LogP contribution is -2.26. The molecule has 0 amide bonds. The predicted molar refractivity (Wildman–Crippen MR) is 54.3 cm³/mol. The van der Waals surface area contributed by atoms with Crippen LogP contribution < -0.4 is 10.6 Å². The standard InChI is InChI=1S/C10H14F2N2/c1-6(2)14(3)9-5-7(11)4-8(12)10(9)13/h4-6H,13H2,1-3H3. The van der Waals surface area contributed by atoms with Crippen LogP contribution in [0.1, 0.15) is 13.8 Å². The van der Waals surface area contributed by atoms with Crippen molar-refractivity contribution in [1.82, 2.24) is 0 Å². The molecule has 0 aromatic heterocycles. The van der Waals surface area contributed by atoms with E-state index in [-0.39, 0.29) is 11.7 Å². The zero-order valence-electron chi connectivity index (χ0n) is 8.51. The molecular weight excluding hydrogens is 186 g/mol. The van der Waals surface area contributed by atoms with E-state index in [0.29, 0.717) is 5.69 Å². The number of benzene rings is 1. The predicted octanol–water partition coefficient (Wildman–Crippen LogP) is 2.39. The van der Waals surface area contributed by atoms with E-state index in [9.17, 15) is 8.78 Å². The fraction of sp³-hybridized carbons (Fsp3) is 0.400. The Labute approximate surface area is 82.3 Å². The normalized spacial score (nSPS) is 10.7. The quantitative estimate of drug-likeness (QED) is 0.743. The van der Waals surface area contributed by atoms with Crippen LogP contribution >= 0.6 is 0 Å². The van der Waals surface area contributed by atoms with Crippen molar-refractivity contribution < 1.29 is 8.78 Å². The van der Waals surface area contributed by atoms with E-state index in [4.69, 9.17) is 5.73 Å². The Morgan fingerprint density at radius 2 is 1.86 bits per heavy atom. The average Bonchev–Trinajstić information content (AvgIpc) is 2.09. The first kappa shape index (κ1) is 10.8. The first-order valence-corrected chi connectivity index (χ1v) is 4.41. The summed E-state index contributed by atoms with van der Waals surface area (Å²) >= 11 is 0. The summed E-state index contributed by atoms with van der Waals surface area (Å²) in [7, 11) is 1.75. The van der Waals surface area contributed by atoms with Crippen LogP contribution in [-0.4, -0.2) is 13.1 Å². The van der Waals surface area contributed by atoms with Gasteiger partial charge in [-0.25, -0.2) is 8.78 Å². The summed E-state index contributed by atoms with van der Waals surface area (Å²) in [5, 5.41) is 0. The van der Waals surface area contributed by atoms with Gasteiger partial charge in [0.25, 0.3) is 0 Å². The van der Waals surface area contributed by atoms with Crippen molar-refractivity contribution in [2.24, 2.45) is 0 Å². The van der Waals surface area contributed by atoms with Crippen molar-refractivity contribution in [3.63, 3.8) is 0 Å². The van der Waals surface area contributed by atoms with Gasteiger partial charge in [-0.1, -0.05) is 0 Å². The van der Waals surface area contributed by atoms with Crippen LogP contribution in [0.2, 0.25) is 0 Å². The first-order chi connectivity index (χ1) is 6.43. The number of hydrogen-bond donors (Lipinski definition) is 1. The molecule has 1 rings (SSSR count). The largest absolute Gasteiger partial charge is 0.395 e. The van der Waals surface area contributed by atoms with Crippen LogP contribution in [0, 0.1) is 11.6 Å². The van der Waals surface area contributed by atoms with Gasteiger partial charge < -0.3 is 10.6 Å². The third-order valence-corrected chi connectivity index (χ3v) is 2.23. The van der Waals surface area contributed by atoms with E-state index in [1.807, 2.05) is 13.8 Å². The minimum atomic E-state index is -0.715. The maximum absolute atomic E-state index is 13.1. The fourth-order valence-electron chi connectivity index (χ4n) is 1.14. The smallest absolute Gasteiger partial charge is 0.151 e. The Hall–Kier alpha value is -1.32. The van der Waals surface area contributed by atoms with Gasteiger partial charge in [-0.15, -0.1) is 0 Å². The lowest BCUT2D eigenvalue weighted by molar-refractivity contribution is 0.584. The lowest BCUT2D eigenvalue weighted by Gasteiger charge is -2.25. The molecule has 1 aromatic carbocycles. The Morgan fingerprint density at radius 3 is 2.36 bits per heavy atom. The van der Waals surface area contributed by atoms with Crippen molar-refractivity contribution in [2.45, 2.75) is 19.9 Å². The van der Waals surface area contributed by atoms with Gasteiger partial charge in [-0.05, 0) is 19.9 Å². The number of nitrogens with two attached hydrogens (primary N) is 1. The zero-order valence-corrected chi connectivity index (χ0v) is 8.51. The van der Waals surface area contributed by atoms with Gasteiger partial charge in [0.2, 0.25) is 0 Å². The molecule has 0 aliphatic heterocycles. The van der Waals surface area contributed by atoms with Gasteiger partial charge in [0.15, 0.2) is 5.82 Å². The summed E-state index contributed by atoms with van der Waals surface area (Å²) < 4.78 is 26.0. The van der Waals surface area contributed by atoms with E-state index >= 15 is 0 Å². The molecule has 0 atom stereocenters. The molecule has 4 heteroatoms.